The number of ether oxygens (including phenoxy) is 2. The molecule has 1 aromatic rings. The molecule has 150 valence electrons. The molecule has 0 aliphatic carbocycles. The minimum Gasteiger partial charge on any atom is -0.489 e. The smallest absolute Gasteiger partial charge is 0.191 e. The fraction of sp³-hybridized carbons (Fsp3) is 0.611. The first kappa shape index (κ1) is 24.9. The molecular weight excluding hydrogens is 450 g/mol. The van der Waals surface area contributed by atoms with Crippen LogP contribution in [0.4, 0.5) is 4.39 Å². The average molecular weight is 482 g/mol. The van der Waals surface area contributed by atoms with Gasteiger partial charge in [-0.05, 0) is 25.6 Å². The summed E-state index contributed by atoms with van der Waals surface area (Å²) in [6, 6.07) is 6.20. The van der Waals surface area contributed by atoms with Crippen LogP contribution in [0.2, 0.25) is 0 Å². The SMILES string of the molecule is CCC(CNC(=NC)NCCN(C)CCOC)Oc1cccc(F)c1.I. The van der Waals surface area contributed by atoms with Crippen molar-refractivity contribution in [1.82, 2.24) is 15.5 Å². The number of likely N-dealkylation sites (N-methyl/N-ethyl adjacent to an activating group) is 1. The number of benzene rings is 1. The molecule has 1 atom stereocenters. The average Bonchev–Trinajstić information content (AvgIpc) is 2.61. The van der Waals surface area contributed by atoms with Gasteiger partial charge < -0.3 is 25.0 Å². The quantitative estimate of drug-likeness (QED) is 0.288. The van der Waals surface area contributed by atoms with Crippen LogP contribution in [0, 0.1) is 5.82 Å². The molecule has 1 unspecified atom stereocenters. The molecule has 8 heteroatoms. The number of hydrogen-bond acceptors (Lipinski definition) is 4. The Bertz CT molecular complexity index is 520. The Kier molecular flexibility index (Phi) is 14.3. The topological polar surface area (TPSA) is 58.1 Å². The van der Waals surface area contributed by atoms with Crippen LogP contribution in [0.15, 0.2) is 29.3 Å². The summed E-state index contributed by atoms with van der Waals surface area (Å²) in [5.41, 5.74) is 0. The third kappa shape index (κ3) is 10.8. The fourth-order valence-electron chi connectivity index (χ4n) is 2.16. The lowest BCUT2D eigenvalue weighted by Crippen LogP contribution is -2.44. The van der Waals surface area contributed by atoms with E-state index in [4.69, 9.17) is 9.47 Å². The van der Waals surface area contributed by atoms with Gasteiger partial charge >= 0.3 is 0 Å². The summed E-state index contributed by atoms with van der Waals surface area (Å²) in [5, 5.41) is 6.52. The van der Waals surface area contributed by atoms with Crippen LogP contribution < -0.4 is 15.4 Å². The van der Waals surface area contributed by atoms with Gasteiger partial charge in [0.15, 0.2) is 5.96 Å². The van der Waals surface area contributed by atoms with Crippen molar-refractivity contribution in [3.05, 3.63) is 30.1 Å². The second-order valence-electron chi connectivity index (χ2n) is 5.78. The molecule has 0 saturated carbocycles. The van der Waals surface area contributed by atoms with Gasteiger partial charge in [0.2, 0.25) is 0 Å². The van der Waals surface area contributed by atoms with E-state index in [9.17, 15) is 4.39 Å². The number of methoxy groups -OCH3 is 1. The van der Waals surface area contributed by atoms with Gasteiger partial charge in [0.25, 0.3) is 0 Å². The van der Waals surface area contributed by atoms with Crippen LogP contribution in [-0.2, 0) is 4.74 Å². The van der Waals surface area contributed by atoms with E-state index < -0.39 is 0 Å². The maximum Gasteiger partial charge on any atom is 0.191 e. The van der Waals surface area contributed by atoms with Crippen LogP contribution in [0.1, 0.15) is 13.3 Å². The van der Waals surface area contributed by atoms with Crippen molar-refractivity contribution in [3.8, 4) is 5.75 Å². The third-order valence-corrected chi connectivity index (χ3v) is 3.74. The lowest BCUT2D eigenvalue weighted by atomic mass is 10.2. The van der Waals surface area contributed by atoms with E-state index in [1.54, 1.807) is 26.3 Å². The molecule has 0 aliphatic heterocycles. The lowest BCUT2D eigenvalue weighted by molar-refractivity contribution is 0.162. The van der Waals surface area contributed by atoms with E-state index in [2.05, 4.69) is 27.6 Å². The lowest BCUT2D eigenvalue weighted by Gasteiger charge is -2.21. The molecule has 0 aromatic heterocycles. The van der Waals surface area contributed by atoms with Crippen molar-refractivity contribution in [1.29, 1.82) is 0 Å². The molecule has 6 nitrogen and oxygen atoms in total. The third-order valence-electron chi connectivity index (χ3n) is 3.74. The van der Waals surface area contributed by atoms with E-state index >= 15 is 0 Å². The first-order chi connectivity index (χ1) is 12.1. The minimum atomic E-state index is -0.296. The largest absolute Gasteiger partial charge is 0.489 e. The molecule has 0 amide bonds. The number of halogens is 2. The summed E-state index contributed by atoms with van der Waals surface area (Å²) >= 11 is 0. The first-order valence-electron chi connectivity index (χ1n) is 8.63. The zero-order valence-electron chi connectivity index (χ0n) is 16.1. The second-order valence-corrected chi connectivity index (χ2v) is 5.78. The molecule has 0 fully saturated rings. The summed E-state index contributed by atoms with van der Waals surface area (Å²) in [7, 11) is 5.49. The van der Waals surface area contributed by atoms with Crippen molar-refractivity contribution in [2.24, 2.45) is 4.99 Å². The van der Waals surface area contributed by atoms with Crippen molar-refractivity contribution in [2.45, 2.75) is 19.4 Å². The Morgan fingerprint density at radius 2 is 2.08 bits per heavy atom. The zero-order chi connectivity index (χ0) is 18.5. The Morgan fingerprint density at radius 1 is 1.31 bits per heavy atom. The summed E-state index contributed by atoms with van der Waals surface area (Å²) in [4.78, 5) is 6.40. The number of nitrogens with one attached hydrogen (secondary N) is 2. The number of rotatable bonds is 11. The monoisotopic (exact) mass is 482 g/mol. The van der Waals surface area contributed by atoms with Crippen LogP contribution in [-0.4, -0.2) is 71.0 Å². The van der Waals surface area contributed by atoms with Crippen LogP contribution in [0.3, 0.4) is 0 Å². The Morgan fingerprint density at radius 3 is 2.69 bits per heavy atom. The van der Waals surface area contributed by atoms with E-state index in [0.29, 0.717) is 12.3 Å². The predicted octanol–water partition coefficient (Wildman–Crippen LogP) is 2.34. The van der Waals surface area contributed by atoms with E-state index in [0.717, 1.165) is 38.6 Å². The van der Waals surface area contributed by atoms with Crippen LogP contribution in [0.5, 0.6) is 5.75 Å². The van der Waals surface area contributed by atoms with Crippen molar-refractivity contribution >= 4 is 29.9 Å². The van der Waals surface area contributed by atoms with Crippen LogP contribution >= 0.6 is 24.0 Å². The van der Waals surface area contributed by atoms with Gasteiger partial charge in [0, 0.05) is 39.9 Å². The Labute approximate surface area is 173 Å². The molecule has 0 saturated heterocycles. The van der Waals surface area contributed by atoms with Gasteiger partial charge in [-0.3, -0.25) is 4.99 Å². The molecule has 0 radical (unpaired) electrons. The molecule has 0 bridgehead atoms. The molecule has 0 aliphatic rings. The van der Waals surface area contributed by atoms with E-state index in [-0.39, 0.29) is 35.9 Å². The molecule has 2 N–H and O–H groups in total. The highest BCUT2D eigenvalue weighted by atomic mass is 127. The summed E-state index contributed by atoms with van der Waals surface area (Å²) in [6.07, 6.45) is 0.741. The van der Waals surface area contributed by atoms with Gasteiger partial charge in [-0.1, -0.05) is 13.0 Å². The number of nitrogens with zero attached hydrogens (tertiary/aromatic N) is 2. The number of hydrogen-bond donors (Lipinski definition) is 2. The minimum absolute atomic E-state index is 0. The van der Waals surface area contributed by atoms with E-state index in [1.165, 1.54) is 12.1 Å². The fourth-order valence-corrected chi connectivity index (χ4v) is 2.16. The Balaban J connectivity index is 0.00000625. The summed E-state index contributed by atoms with van der Waals surface area (Å²) < 4.78 is 24.1. The van der Waals surface area contributed by atoms with Gasteiger partial charge in [-0.2, -0.15) is 0 Å². The Hall–Kier alpha value is -1.13. The maximum absolute atomic E-state index is 13.2. The van der Waals surface area contributed by atoms with Gasteiger partial charge in [0.1, 0.15) is 17.7 Å². The molecule has 0 heterocycles. The van der Waals surface area contributed by atoms with Crippen molar-refractivity contribution in [3.63, 3.8) is 0 Å². The molecule has 1 aromatic carbocycles. The van der Waals surface area contributed by atoms with Crippen molar-refractivity contribution in [2.75, 3.05) is 54.0 Å². The standard InChI is InChI=1S/C18H31FN4O2.HI/c1-5-16(25-17-8-6-7-15(19)13-17)14-22-18(20-2)21-9-10-23(3)11-12-24-4;/h6-8,13,16H,5,9-12,14H2,1-4H3,(H2,20,21,22);1H. The normalized spacial score (nSPS) is 12.5. The second kappa shape index (κ2) is 15.0. The maximum atomic E-state index is 13.2. The number of aliphatic imine (C=N–C) groups is 1. The van der Waals surface area contributed by atoms with Gasteiger partial charge in [-0.25, -0.2) is 4.39 Å². The zero-order valence-corrected chi connectivity index (χ0v) is 18.5. The highest BCUT2D eigenvalue weighted by molar-refractivity contribution is 14.0. The molecule has 1 rings (SSSR count). The highest BCUT2D eigenvalue weighted by Gasteiger charge is 2.10. The molecular formula is C18H32FIN4O2. The highest BCUT2D eigenvalue weighted by Crippen LogP contribution is 2.14. The van der Waals surface area contributed by atoms with Gasteiger partial charge in [-0.15, -0.1) is 24.0 Å². The van der Waals surface area contributed by atoms with Gasteiger partial charge in [0.05, 0.1) is 13.2 Å². The molecule has 0 spiro atoms. The molecule has 26 heavy (non-hydrogen) atoms. The van der Waals surface area contributed by atoms with Crippen LogP contribution in [0.25, 0.3) is 0 Å². The summed E-state index contributed by atoms with van der Waals surface area (Å²) in [6.45, 7) is 5.91. The van der Waals surface area contributed by atoms with E-state index in [1.807, 2.05) is 6.92 Å². The number of guanidine groups is 1. The summed E-state index contributed by atoms with van der Waals surface area (Å²) in [5.74, 6) is 0.966. The van der Waals surface area contributed by atoms with Crippen molar-refractivity contribution < 1.29 is 13.9 Å². The predicted molar refractivity (Wildman–Crippen MR) is 115 cm³/mol. The first-order valence-corrected chi connectivity index (χ1v) is 8.63.